The van der Waals surface area contributed by atoms with Gasteiger partial charge in [-0.3, -0.25) is 19.6 Å². The van der Waals surface area contributed by atoms with Gasteiger partial charge in [-0.05, 0) is 37.6 Å². The van der Waals surface area contributed by atoms with E-state index in [1.54, 1.807) is 24.0 Å². The summed E-state index contributed by atoms with van der Waals surface area (Å²) in [4.78, 5) is 48.8. The largest absolute Gasteiger partial charge is 0.337 e. The van der Waals surface area contributed by atoms with Gasteiger partial charge in [0.1, 0.15) is 6.29 Å². The van der Waals surface area contributed by atoms with E-state index in [-0.39, 0.29) is 33.6 Å². The zero-order valence-electron chi connectivity index (χ0n) is 30.6. The van der Waals surface area contributed by atoms with Crippen LogP contribution in [0.5, 0.6) is 0 Å². The van der Waals surface area contributed by atoms with Crippen LogP contribution in [0.25, 0.3) is 22.4 Å². The van der Waals surface area contributed by atoms with Gasteiger partial charge in [0, 0.05) is 98.7 Å². The van der Waals surface area contributed by atoms with E-state index in [1.165, 1.54) is 47.1 Å². The third-order valence-electron chi connectivity index (χ3n) is 10.8. The lowest BCUT2D eigenvalue weighted by atomic mass is 9.82. The molecule has 2 aromatic carbocycles. The molecule has 2 fully saturated rings. The Hall–Kier alpha value is -4.50. The van der Waals surface area contributed by atoms with E-state index in [0.29, 0.717) is 61.1 Å². The van der Waals surface area contributed by atoms with E-state index < -0.39 is 23.0 Å². The highest BCUT2D eigenvalue weighted by molar-refractivity contribution is 6.34. The SMILES string of the molecule is CCC(C=O)(CC[NH+](C)CC1CNC1)CN1CCN(C(=O)c2ccc(NC(=O)c3ncc(-c4ccc(-c5cn[nH]c5C)c(F)c4F)n3C)cc2Cl)CC1. The molecule has 0 saturated carbocycles. The molecule has 2 aliphatic rings. The lowest BCUT2D eigenvalue weighted by molar-refractivity contribution is -0.884. The Bertz CT molecular complexity index is 1970. The Labute approximate surface area is 312 Å². The Morgan fingerprint density at radius 1 is 1.08 bits per heavy atom. The first-order valence-electron chi connectivity index (χ1n) is 18.0. The molecule has 2 unspecified atom stereocenters. The third kappa shape index (κ3) is 8.20. The van der Waals surface area contributed by atoms with Gasteiger partial charge >= 0.3 is 0 Å². The summed E-state index contributed by atoms with van der Waals surface area (Å²) in [6.07, 6.45) is 5.48. The second-order valence-corrected chi connectivity index (χ2v) is 14.9. The van der Waals surface area contributed by atoms with Crippen LogP contribution in [0.3, 0.4) is 0 Å². The fourth-order valence-electron chi connectivity index (χ4n) is 7.22. The van der Waals surface area contributed by atoms with Gasteiger partial charge in [-0.15, -0.1) is 0 Å². The Morgan fingerprint density at radius 3 is 2.42 bits per heavy atom. The molecule has 2 aromatic heterocycles. The second-order valence-electron chi connectivity index (χ2n) is 14.5. The van der Waals surface area contributed by atoms with Crippen LogP contribution in [0, 0.1) is 29.9 Å². The number of aryl methyl sites for hydroxylation is 1. The van der Waals surface area contributed by atoms with Crippen molar-refractivity contribution in [3.63, 3.8) is 0 Å². The number of aldehydes is 1. The Kier molecular flexibility index (Phi) is 11.7. The number of piperazine rings is 1. The smallest absolute Gasteiger partial charge is 0.291 e. The summed E-state index contributed by atoms with van der Waals surface area (Å²) in [6, 6.07) is 7.56. The van der Waals surface area contributed by atoms with Crippen LogP contribution in [0.4, 0.5) is 14.5 Å². The zero-order chi connectivity index (χ0) is 37.9. The first kappa shape index (κ1) is 38.2. The van der Waals surface area contributed by atoms with Crippen LogP contribution in [0.2, 0.25) is 5.02 Å². The number of imidazole rings is 1. The summed E-state index contributed by atoms with van der Waals surface area (Å²) >= 11 is 6.58. The molecule has 2 aliphatic heterocycles. The number of amides is 2. The number of hydrogen-bond acceptors (Lipinski definition) is 7. The molecule has 0 aliphatic carbocycles. The van der Waals surface area contributed by atoms with E-state index in [4.69, 9.17) is 11.6 Å². The van der Waals surface area contributed by atoms with Crippen molar-refractivity contribution >= 4 is 35.4 Å². The molecule has 4 N–H and O–H groups in total. The van der Waals surface area contributed by atoms with Crippen LogP contribution in [0.15, 0.2) is 42.7 Å². The normalized spacial score (nSPS) is 16.9. The quantitative estimate of drug-likeness (QED) is 0.145. The molecule has 0 radical (unpaired) electrons. The average Bonchev–Trinajstić information content (AvgIpc) is 3.74. The average molecular weight is 751 g/mol. The topological polar surface area (TPSA) is 133 Å². The Balaban J connectivity index is 1.04. The molecule has 4 aromatic rings. The molecule has 15 heteroatoms. The highest BCUT2D eigenvalue weighted by atomic mass is 35.5. The Morgan fingerprint density at radius 2 is 1.79 bits per heavy atom. The maximum atomic E-state index is 15.3. The fraction of sp³-hybridized carbons (Fsp3) is 0.447. The van der Waals surface area contributed by atoms with Gasteiger partial charge in [0.15, 0.2) is 17.5 Å². The molecule has 4 heterocycles. The maximum absolute atomic E-state index is 15.3. The van der Waals surface area contributed by atoms with Gasteiger partial charge in [0.25, 0.3) is 11.8 Å². The van der Waals surface area contributed by atoms with Gasteiger partial charge < -0.3 is 29.8 Å². The van der Waals surface area contributed by atoms with Crippen LogP contribution >= 0.6 is 11.6 Å². The number of carbonyl (C=O) groups is 3. The number of anilines is 1. The molecule has 2 saturated heterocycles. The van der Waals surface area contributed by atoms with Gasteiger partial charge in [0.05, 0.1) is 48.8 Å². The van der Waals surface area contributed by atoms with Crippen molar-refractivity contribution in [2.24, 2.45) is 18.4 Å². The van der Waals surface area contributed by atoms with Gasteiger partial charge in [0.2, 0.25) is 0 Å². The van der Waals surface area contributed by atoms with Crippen LogP contribution in [-0.2, 0) is 11.8 Å². The first-order chi connectivity index (χ1) is 25.4. The molecule has 282 valence electrons. The summed E-state index contributed by atoms with van der Waals surface area (Å²) in [5.41, 5.74) is 1.51. The van der Waals surface area contributed by atoms with Crippen molar-refractivity contribution in [2.75, 3.05) is 71.3 Å². The molecule has 0 bridgehead atoms. The summed E-state index contributed by atoms with van der Waals surface area (Å²) < 4.78 is 31.8. The van der Waals surface area contributed by atoms with Crippen molar-refractivity contribution in [1.29, 1.82) is 0 Å². The molecular formula is C38H47ClF2N9O3+. The number of H-pyrrole nitrogens is 1. The third-order valence-corrected chi connectivity index (χ3v) is 11.1. The molecule has 2 atom stereocenters. The standard InChI is InChI=1S/C38H46ClF2N9O3/c1-5-38(23-51,10-11-47(3)21-25-17-42-18-25)22-49-12-14-50(15-13-49)37(53)28-7-6-26(16-31(28)39)45-36(52)35-43-20-32(48(35)4)29-9-8-27(33(40)34(29)41)30-19-44-46-24(30)2/h6-9,16,19-20,23,25,42H,5,10-15,17-18,21-22H2,1-4H3,(H,44,46)(H,45,52)/p+1. The minimum atomic E-state index is -1.07. The zero-order valence-corrected chi connectivity index (χ0v) is 31.3. The highest BCUT2D eigenvalue weighted by Crippen LogP contribution is 2.33. The van der Waals surface area contributed by atoms with Gasteiger partial charge in [-0.1, -0.05) is 24.6 Å². The number of nitrogens with zero attached hydrogens (tertiary/aromatic N) is 5. The second kappa shape index (κ2) is 16.3. The minimum Gasteiger partial charge on any atom is -0.337 e. The number of hydrogen-bond donors (Lipinski definition) is 4. The summed E-state index contributed by atoms with van der Waals surface area (Å²) in [5, 5.41) is 12.8. The minimum absolute atomic E-state index is 0.0372. The van der Waals surface area contributed by atoms with E-state index >= 15 is 8.78 Å². The van der Waals surface area contributed by atoms with Crippen molar-refractivity contribution in [1.82, 2.24) is 34.9 Å². The van der Waals surface area contributed by atoms with Crippen molar-refractivity contribution < 1.29 is 28.1 Å². The molecule has 12 nitrogen and oxygen atoms in total. The molecule has 2 amide bonds. The molecule has 0 spiro atoms. The van der Waals surface area contributed by atoms with Crippen molar-refractivity contribution in [2.45, 2.75) is 26.7 Å². The predicted octanol–water partition coefficient (Wildman–Crippen LogP) is 3.45. The van der Waals surface area contributed by atoms with Crippen LogP contribution < -0.4 is 15.5 Å². The maximum Gasteiger partial charge on any atom is 0.291 e. The van der Waals surface area contributed by atoms with Gasteiger partial charge in [-0.2, -0.15) is 5.10 Å². The number of rotatable bonds is 14. The lowest BCUT2D eigenvalue weighted by Crippen LogP contribution is -3.10. The molecular weight excluding hydrogens is 704 g/mol. The van der Waals surface area contributed by atoms with Crippen LogP contribution in [-0.4, -0.2) is 114 Å². The summed E-state index contributed by atoms with van der Waals surface area (Å²) in [6.45, 7) is 11.0. The first-order valence-corrected chi connectivity index (χ1v) is 18.4. The predicted molar refractivity (Wildman–Crippen MR) is 199 cm³/mol. The number of halogens is 3. The fourth-order valence-corrected chi connectivity index (χ4v) is 7.48. The number of quaternary nitrogens is 1. The number of aromatic nitrogens is 4. The summed E-state index contributed by atoms with van der Waals surface area (Å²) in [5.74, 6) is -2.24. The van der Waals surface area contributed by atoms with Crippen molar-refractivity contribution in [3.8, 4) is 22.4 Å². The molecule has 53 heavy (non-hydrogen) atoms. The highest BCUT2D eigenvalue weighted by Gasteiger charge is 2.34. The number of nitrogens with one attached hydrogen (secondary N) is 4. The van der Waals surface area contributed by atoms with E-state index in [0.717, 1.165) is 45.3 Å². The number of aromatic amines is 1. The van der Waals surface area contributed by atoms with E-state index in [1.807, 2.05) is 0 Å². The van der Waals surface area contributed by atoms with E-state index in [2.05, 4.69) is 44.7 Å². The molecule has 6 rings (SSSR count). The monoisotopic (exact) mass is 750 g/mol. The van der Waals surface area contributed by atoms with E-state index in [9.17, 15) is 14.4 Å². The lowest BCUT2D eigenvalue weighted by Gasteiger charge is -2.39. The van der Waals surface area contributed by atoms with Crippen LogP contribution in [0.1, 0.15) is 46.4 Å². The van der Waals surface area contributed by atoms with Crippen molar-refractivity contribution in [3.05, 3.63) is 76.5 Å². The number of benzene rings is 2. The van der Waals surface area contributed by atoms with Gasteiger partial charge in [-0.25, -0.2) is 13.8 Å². The summed E-state index contributed by atoms with van der Waals surface area (Å²) in [7, 11) is 3.74. The number of carbonyl (C=O) groups excluding carboxylic acids is 3.